The zero-order valence-electron chi connectivity index (χ0n) is 7.27. The minimum Gasteiger partial charge on any atom is -0.359 e. The summed E-state index contributed by atoms with van der Waals surface area (Å²) in [5.74, 6) is -1.39. The molecule has 0 saturated heterocycles. The highest BCUT2D eigenvalue weighted by molar-refractivity contribution is 5.85. The van der Waals surface area contributed by atoms with Gasteiger partial charge in [-0.3, -0.25) is 0 Å². The van der Waals surface area contributed by atoms with E-state index in [1.165, 1.54) is 6.07 Å². The number of rotatable bonds is 1. The van der Waals surface area contributed by atoms with Crippen LogP contribution in [0.25, 0.3) is 11.0 Å². The average molecular weight is 220 g/mol. The fourth-order valence-corrected chi connectivity index (χ4v) is 1.14. The van der Waals surface area contributed by atoms with Crippen LogP contribution < -0.4 is 5.32 Å². The second-order valence-corrected chi connectivity index (χ2v) is 2.59. The van der Waals surface area contributed by atoms with E-state index in [9.17, 15) is 8.78 Å². The molecule has 3 nitrogen and oxygen atoms in total. The van der Waals surface area contributed by atoms with Gasteiger partial charge >= 0.3 is 0 Å². The number of H-pyrrole nitrogens is 1. The van der Waals surface area contributed by atoms with Crippen LogP contribution in [-0.4, -0.2) is 17.0 Å². The van der Waals surface area contributed by atoms with Crippen LogP contribution in [0, 0.1) is 11.6 Å². The SMILES string of the molecule is CNc1nc2c(F)c(F)ccc2[nH]1.Cl. The van der Waals surface area contributed by atoms with Crippen molar-refractivity contribution in [3.8, 4) is 0 Å². The van der Waals surface area contributed by atoms with Crippen LogP contribution in [0.1, 0.15) is 0 Å². The van der Waals surface area contributed by atoms with Crippen molar-refractivity contribution in [2.24, 2.45) is 0 Å². The van der Waals surface area contributed by atoms with Gasteiger partial charge in [0.15, 0.2) is 11.6 Å². The Labute approximate surface area is 84.9 Å². The van der Waals surface area contributed by atoms with E-state index in [1.54, 1.807) is 7.05 Å². The van der Waals surface area contributed by atoms with Gasteiger partial charge in [-0.2, -0.15) is 0 Å². The molecule has 0 atom stereocenters. The van der Waals surface area contributed by atoms with Crippen LogP contribution in [0.15, 0.2) is 12.1 Å². The number of nitrogens with zero attached hydrogens (tertiary/aromatic N) is 1. The van der Waals surface area contributed by atoms with Gasteiger partial charge in [0, 0.05) is 7.05 Å². The third-order valence-electron chi connectivity index (χ3n) is 1.78. The van der Waals surface area contributed by atoms with Gasteiger partial charge in [-0.15, -0.1) is 12.4 Å². The number of aromatic nitrogens is 2. The number of aromatic amines is 1. The summed E-state index contributed by atoms with van der Waals surface area (Å²) >= 11 is 0. The van der Waals surface area contributed by atoms with Gasteiger partial charge in [0.2, 0.25) is 5.95 Å². The van der Waals surface area contributed by atoms with E-state index >= 15 is 0 Å². The molecule has 0 fully saturated rings. The molecule has 0 saturated carbocycles. The maximum Gasteiger partial charge on any atom is 0.201 e. The van der Waals surface area contributed by atoms with Crippen LogP contribution in [0.4, 0.5) is 14.7 Å². The lowest BCUT2D eigenvalue weighted by atomic mass is 10.3. The molecule has 0 unspecified atom stereocenters. The summed E-state index contributed by atoms with van der Waals surface area (Å²) in [5, 5.41) is 2.71. The summed E-state index contributed by atoms with van der Waals surface area (Å²) in [6.07, 6.45) is 0. The molecule has 0 radical (unpaired) electrons. The largest absolute Gasteiger partial charge is 0.359 e. The molecule has 76 valence electrons. The Balaban J connectivity index is 0.000000980. The predicted molar refractivity (Wildman–Crippen MR) is 52.8 cm³/mol. The van der Waals surface area contributed by atoms with E-state index in [0.29, 0.717) is 11.5 Å². The molecule has 1 aromatic carbocycles. The highest BCUT2D eigenvalue weighted by atomic mass is 35.5. The Kier molecular flexibility index (Phi) is 2.90. The van der Waals surface area contributed by atoms with E-state index in [-0.39, 0.29) is 17.9 Å². The topological polar surface area (TPSA) is 40.7 Å². The van der Waals surface area contributed by atoms with Crippen molar-refractivity contribution < 1.29 is 8.78 Å². The Morgan fingerprint density at radius 1 is 1.36 bits per heavy atom. The Morgan fingerprint density at radius 3 is 2.71 bits per heavy atom. The first-order chi connectivity index (χ1) is 6.22. The molecule has 6 heteroatoms. The summed E-state index contributed by atoms with van der Waals surface area (Å²) in [5.41, 5.74) is 0.493. The quantitative estimate of drug-likeness (QED) is 0.773. The summed E-state index contributed by atoms with van der Waals surface area (Å²) in [6, 6.07) is 2.51. The maximum absolute atomic E-state index is 13.1. The second-order valence-electron chi connectivity index (χ2n) is 2.59. The van der Waals surface area contributed by atoms with Gasteiger partial charge in [0.25, 0.3) is 0 Å². The minimum absolute atomic E-state index is 0. The number of fused-ring (bicyclic) bond motifs is 1. The molecule has 14 heavy (non-hydrogen) atoms. The molecule has 0 aliphatic heterocycles. The number of halogens is 3. The normalized spacial score (nSPS) is 9.93. The molecule has 2 aromatic rings. The van der Waals surface area contributed by atoms with Crippen molar-refractivity contribution in [1.82, 2.24) is 9.97 Å². The molecule has 0 amide bonds. The van der Waals surface area contributed by atoms with Crippen LogP contribution >= 0.6 is 12.4 Å². The Morgan fingerprint density at radius 2 is 2.07 bits per heavy atom. The zero-order valence-corrected chi connectivity index (χ0v) is 8.08. The van der Waals surface area contributed by atoms with Crippen molar-refractivity contribution in [2.75, 3.05) is 12.4 Å². The lowest BCUT2D eigenvalue weighted by Crippen LogP contribution is -1.88. The Bertz CT molecular complexity index is 455. The van der Waals surface area contributed by atoms with Crippen molar-refractivity contribution in [3.05, 3.63) is 23.8 Å². The predicted octanol–water partition coefficient (Wildman–Crippen LogP) is 2.30. The van der Waals surface area contributed by atoms with Crippen molar-refractivity contribution in [1.29, 1.82) is 0 Å². The molecule has 0 aliphatic carbocycles. The molecule has 0 spiro atoms. The number of imidazole rings is 1. The van der Waals surface area contributed by atoms with Gasteiger partial charge < -0.3 is 10.3 Å². The van der Waals surface area contributed by atoms with Crippen LogP contribution in [-0.2, 0) is 0 Å². The average Bonchev–Trinajstić information content (AvgIpc) is 2.55. The highest BCUT2D eigenvalue weighted by Crippen LogP contribution is 2.19. The van der Waals surface area contributed by atoms with Crippen LogP contribution in [0.2, 0.25) is 0 Å². The third-order valence-corrected chi connectivity index (χ3v) is 1.78. The molecule has 1 aromatic heterocycles. The van der Waals surface area contributed by atoms with Crippen LogP contribution in [0.3, 0.4) is 0 Å². The molecule has 1 heterocycles. The zero-order chi connectivity index (χ0) is 9.42. The lowest BCUT2D eigenvalue weighted by Gasteiger charge is -1.90. The van der Waals surface area contributed by atoms with Gasteiger partial charge in [0.05, 0.1) is 5.52 Å². The van der Waals surface area contributed by atoms with Gasteiger partial charge in [-0.05, 0) is 12.1 Å². The number of hydrogen-bond acceptors (Lipinski definition) is 2. The molecule has 0 aliphatic rings. The maximum atomic E-state index is 13.1. The van der Waals surface area contributed by atoms with Crippen LogP contribution in [0.5, 0.6) is 0 Å². The van der Waals surface area contributed by atoms with E-state index in [1.807, 2.05) is 0 Å². The number of benzene rings is 1. The van der Waals surface area contributed by atoms with Gasteiger partial charge in [-0.25, -0.2) is 13.8 Å². The molecular formula is C8H8ClF2N3. The highest BCUT2D eigenvalue weighted by Gasteiger charge is 2.10. The fourth-order valence-electron chi connectivity index (χ4n) is 1.14. The first-order valence-corrected chi connectivity index (χ1v) is 3.74. The molecule has 0 bridgehead atoms. The Hall–Kier alpha value is -1.36. The van der Waals surface area contributed by atoms with Crippen molar-refractivity contribution in [3.63, 3.8) is 0 Å². The fraction of sp³-hybridized carbons (Fsp3) is 0.125. The van der Waals surface area contributed by atoms with Crippen molar-refractivity contribution in [2.45, 2.75) is 0 Å². The third kappa shape index (κ3) is 1.50. The first kappa shape index (κ1) is 10.7. The van der Waals surface area contributed by atoms with Gasteiger partial charge in [-0.1, -0.05) is 0 Å². The van der Waals surface area contributed by atoms with E-state index in [4.69, 9.17) is 0 Å². The second kappa shape index (κ2) is 3.79. The smallest absolute Gasteiger partial charge is 0.201 e. The number of anilines is 1. The lowest BCUT2D eigenvalue weighted by molar-refractivity contribution is 0.515. The number of hydrogen-bond donors (Lipinski definition) is 2. The van der Waals surface area contributed by atoms with E-state index < -0.39 is 11.6 Å². The summed E-state index contributed by atoms with van der Waals surface area (Å²) in [4.78, 5) is 6.59. The molecular weight excluding hydrogens is 212 g/mol. The first-order valence-electron chi connectivity index (χ1n) is 3.74. The summed E-state index contributed by atoms with van der Waals surface area (Å²) in [6.45, 7) is 0. The molecule has 2 rings (SSSR count). The van der Waals surface area contributed by atoms with E-state index in [2.05, 4.69) is 15.3 Å². The monoisotopic (exact) mass is 219 g/mol. The molecule has 2 N–H and O–H groups in total. The van der Waals surface area contributed by atoms with Crippen molar-refractivity contribution >= 4 is 29.4 Å². The minimum atomic E-state index is -0.921. The van der Waals surface area contributed by atoms with E-state index in [0.717, 1.165) is 6.07 Å². The van der Waals surface area contributed by atoms with Gasteiger partial charge in [0.1, 0.15) is 5.52 Å². The standard InChI is InChI=1S/C8H7F2N3.ClH/c1-11-8-12-5-3-2-4(9)6(10)7(5)13-8;/h2-3H,1H3,(H2,11,12,13);1H. The number of nitrogens with one attached hydrogen (secondary N) is 2. The summed E-state index contributed by atoms with van der Waals surface area (Å²) in [7, 11) is 1.64. The summed E-state index contributed by atoms with van der Waals surface area (Å²) < 4.78 is 25.8.